The highest BCUT2D eigenvalue weighted by Gasteiger charge is 2.40. The lowest BCUT2D eigenvalue weighted by Gasteiger charge is -2.38. The fourth-order valence-corrected chi connectivity index (χ4v) is 4.26. The van der Waals surface area contributed by atoms with Crippen LogP contribution in [0.5, 0.6) is 11.5 Å². The number of halogens is 1. The number of unbranched alkanes of at least 4 members (excludes halogenated alkanes) is 1. The van der Waals surface area contributed by atoms with Gasteiger partial charge in [-0.1, -0.05) is 55.3 Å². The molecule has 0 N–H and O–H groups in total. The molecule has 2 heterocycles. The minimum Gasteiger partial charge on any atom is -0.494 e. The van der Waals surface area contributed by atoms with E-state index in [9.17, 15) is 0 Å². The maximum absolute atomic E-state index is 6.39. The Morgan fingerprint density at radius 2 is 1.81 bits per heavy atom. The van der Waals surface area contributed by atoms with Gasteiger partial charge in [0.25, 0.3) is 0 Å². The molecule has 0 saturated carbocycles. The summed E-state index contributed by atoms with van der Waals surface area (Å²) in [5, 5.41) is 7.82. The molecular formula is C26H25ClN2O2. The molecule has 5 heteroatoms. The maximum Gasteiger partial charge on any atom is 0.213 e. The summed E-state index contributed by atoms with van der Waals surface area (Å²) >= 11 is 6.11. The van der Waals surface area contributed by atoms with E-state index >= 15 is 0 Å². The smallest absolute Gasteiger partial charge is 0.213 e. The highest BCUT2D eigenvalue weighted by molar-refractivity contribution is 6.30. The second-order valence-corrected chi connectivity index (χ2v) is 8.37. The molecule has 4 nitrogen and oxygen atoms in total. The molecule has 0 spiro atoms. The van der Waals surface area contributed by atoms with Crippen molar-refractivity contribution in [3.05, 3.63) is 94.5 Å². The van der Waals surface area contributed by atoms with Crippen molar-refractivity contribution < 1.29 is 9.47 Å². The number of ether oxygens (including phenoxy) is 2. The molecule has 3 aromatic rings. The molecular weight excluding hydrogens is 408 g/mol. The summed E-state index contributed by atoms with van der Waals surface area (Å²) < 4.78 is 12.2. The van der Waals surface area contributed by atoms with E-state index < -0.39 is 0 Å². The van der Waals surface area contributed by atoms with Crippen LogP contribution < -0.4 is 9.47 Å². The minimum absolute atomic E-state index is 0.140. The Kier molecular flexibility index (Phi) is 5.56. The van der Waals surface area contributed by atoms with Crippen molar-refractivity contribution in [2.75, 3.05) is 6.61 Å². The lowest BCUT2D eigenvalue weighted by atomic mass is 9.96. The Bertz CT molecular complexity index is 1080. The third-order valence-electron chi connectivity index (χ3n) is 5.81. The summed E-state index contributed by atoms with van der Waals surface area (Å²) in [5.74, 6) is 1.82. The van der Waals surface area contributed by atoms with Crippen molar-refractivity contribution in [2.24, 2.45) is 5.10 Å². The van der Waals surface area contributed by atoms with Gasteiger partial charge in [-0.2, -0.15) is 5.10 Å². The second kappa shape index (κ2) is 8.64. The maximum atomic E-state index is 6.39. The van der Waals surface area contributed by atoms with E-state index in [2.05, 4.69) is 36.2 Å². The largest absolute Gasteiger partial charge is 0.494 e. The van der Waals surface area contributed by atoms with Crippen LogP contribution in [0.3, 0.4) is 0 Å². The Morgan fingerprint density at radius 1 is 1.03 bits per heavy atom. The average Bonchev–Trinajstić information content (AvgIpc) is 3.26. The first kappa shape index (κ1) is 20.0. The molecule has 3 aromatic carbocycles. The van der Waals surface area contributed by atoms with Crippen LogP contribution in [0.1, 0.15) is 55.1 Å². The first-order valence-corrected chi connectivity index (χ1v) is 11.2. The Hall–Kier alpha value is -2.98. The quantitative estimate of drug-likeness (QED) is 0.403. The number of fused-ring (bicyclic) bond motifs is 3. The highest BCUT2D eigenvalue weighted by Crippen LogP contribution is 2.47. The van der Waals surface area contributed by atoms with Crippen LogP contribution in [0.4, 0.5) is 0 Å². The fourth-order valence-electron chi connectivity index (χ4n) is 4.13. The third kappa shape index (κ3) is 4.00. The van der Waals surface area contributed by atoms with Gasteiger partial charge in [0.15, 0.2) is 0 Å². The van der Waals surface area contributed by atoms with Gasteiger partial charge in [-0.15, -0.1) is 0 Å². The van der Waals surface area contributed by atoms with Gasteiger partial charge < -0.3 is 9.47 Å². The molecule has 5 rings (SSSR count). The number of hydrogen-bond donors (Lipinski definition) is 0. The summed E-state index contributed by atoms with van der Waals surface area (Å²) in [6.45, 7) is 2.92. The summed E-state index contributed by atoms with van der Waals surface area (Å²) in [6.07, 6.45) is 2.74. The van der Waals surface area contributed by atoms with Crippen LogP contribution in [0.15, 0.2) is 77.9 Å². The van der Waals surface area contributed by atoms with Gasteiger partial charge in [0, 0.05) is 22.6 Å². The van der Waals surface area contributed by atoms with E-state index in [0.717, 1.165) is 54.2 Å². The van der Waals surface area contributed by atoms with Crippen molar-refractivity contribution in [1.29, 1.82) is 0 Å². The van der Waals surface area contributed by atoms with Crippen molar-refractivity contribution in [2.45, 2.75) is 38.5 Å². The van der Waals surface area contributed by atoms with E-state index in [0.29, 0.717) is 5.02 Å². The van der Waals surface area contributed by atoms with Crippen LogP contribution in [-0.4, -0.2) is 17.3 Å². The molecule has 0 aliphatic carbocycles. The van der Waals surface area contributed by atoms with Gasteiger partial charge in [-0.3, -0.25) is 0 Å². The Balaban J connectivity index is 1.45. The summed E-state index contributed by atoms with van der Waals surface area (Å²) in [7, 11) is 0. The zero-order valence-corrected chi connectivity index (χ0v) is 18.3. The topological polar surface area (TPSA) is 34.1 Å². The molecule has 0 radical (unpaired) electrons. The van der Waals surface area contributed by atoms with Gasteiger partial charge >= 0.3 is 0 Å². The molecule has 0 fully saturated rings. The van der Waals surface area contributed by atoms with Gasteiger partial charge in [0.1, 0.15) is 11.5 Å². The molecule has 2 aliphatic heterocycles. The molecule has 2 atom stereocenters. The lowest BCUT2D eigenvalue weighted by Crippen LogP contribution is -2.33. The van der Waals surface area contributed by atoms with Gasteiger partial charge in [0.2, 0.25) is 6.23 Å². The molecule has 2 aliphatic rings. The minimum atomic E-state index is -0.286. The Labute approximate surface area is 188 Å². The second-order valence-electron chi connectivity index (χ2n) is 7.93. The molecule has 0 bridgehead atoms. The van der Waals surface area contributed by atoms with Crippen LogP contribution in [-0.2, 0) is 0 Å². The Morgan fingerprint density at radius 3 is 2.58 bits per heavy atom. The molecule has 158 valence electrons. The van der Waals surface area contributed by atoms with Crippen molar-refractivity contribution in [3.63, 3.8) is 0 Å². The van der Waals surface area contributed by atoms with E-state index in [1.54, 1.807) is 0 Å². The third-order valence-corrected chi connectivity index (χ3v) is 6.06. The van der Waals surface area contributed by atoms with Gasteiger partial charge in [0.05, 0.1) is 18.4 Å². The number of hydrogen-bond acceptors (Lipinski definition) is 4. The molecule has 31 heavy (non-hydrogen) atoms. The first-order valence-electron chi connectivity index (χ1n) is 10.8. The van der Waals surface area contributed by atoms with Crippen LogP contribution >= 0.6 is 11.6 Å². The lowest BCUT2D eigenvalue weighted by molar-refractivity contribution is -0.0190. The summed E-state index contributed by atoms with van der Waals surface area (Å²) in [4.78, 5) is 0. The number of para-hydroxylation sites is 1. The van der Waals surface area contributed by atoms with E-state index in [-0.39, 0.29) is 12.3 Å². The van der Waals surface area contributed by atoms with Crippen molar-refractivity contribution in [3.8, 4) is 11.5 Å². The fraction of sp³-hybridized carbons (Fsp3) is 0.269. The van der Waals surface area contributed by atoms with Crippen LogP contribution in [0, 0.1) is 0 Å². The van der Waals surface area contributed by atoms with Crippen LogP contribution in [0.25, 0.3) is 0 Å². The predicted octanol–water partition coefficient (Wildman–Crippen LogP) is 6.76. The van der Waals surface area contributed by atoms with Gasteiger partial charge in [-0.05, 0) is 54.4 Å². The van der Waals surface area contributed by atoms with E-state index in [1.165, 1.54) is 5.56 Å². The zero-order valence-electron chi connectivity index (χ0n) is 17.5. The number of benzene rings is 3. The predicted molar refractivity (Wildman–Crippen MR) is 124 cm³/mol. The molecule has 0 amide bonds. The van der Waals surface area contributed by atoms with E-state index in [1.807, 2.05) is 48.5 Å². The van der Waals surface area contributed by atoms with Crippen LogP contribution in [0.2, 0.25) is 5.02 Å². The monoisotopic (exact) mass is 432 g/mol. The average molecular weight is 433 g/mol. The molecule has 2 unspecified atom stereocenters. The SMILES string of the molecule is CCCCOc1ccc(C2=NN3C(C2)c2ccccc2OC3c2ccc(Cl)cc2)cc1. The number of rotatable bonds is 6. The van der Waals surface area contributed by atoms with Crippen molar-refractivity contribution >= 4 is 17.3 Å². The van der Waals surface area contributed by atoms with Crippen molar-refractivity contribution in [1.82, 2.24) is 5.01 Å². The first-order chi connectivity index (χ1) is 15.2. The number of hydrazone groups is 1. The normalized spacial score (nSPS) is 19.3. The highest BCUT2D eigenvalue weighted by atomic mass is 35.5. The van der Waals surface area contributed by atoms with E-state index in [4.69, 9.17) is 26.2 Å². The summed E-state index contributed by atoms with van der Waals surface area (Å²) in [6, 6.07) is 24.5. The van der Waals surface area contributed by atoms with Gasteiger partial charge in [-0.25, -0.2) is 5.01 Å². The summed E-state index contributed by atoms with van der Waals surface area (Å²) in [5.41, 5.74) is 4.38. The standard InChI is InChI=1S/C26H25ClN2O2/c1-2-3-16-30-21-14-10-18(11-15-21)23-17-24-22-6-4-5-7-25(22)31-26(29(24)28-23)19-8-12-20(27)13-9-19/h4-15,24,26H,2-3,16-17H2,1H3. The molecule has 0 aromatic heterocycles. The zero-order chi connectivity index (χ0) is 21.2. The molecule has 0 saturated heterocycles. The number of nitrogens with zero attached hydrogens (tertiary/aromatic N) is 2.